The van der Waals surface area contributed by atoms with E-state index in [1.165, 1.54) is 12.8 Å². The molecule has 8 nitrogen and oxygen atoms in total. The van der Waals surface area contributed by atoms with Gasteiger partial charge in [0.1, 0.15) is 17.3 Å². The number of amides is 1. The Hall–Kier alpha value is -2.90. The number of carbonyl (C=O) groups excluding carboxylic acids is 1. The van der Waals surface area contributed by atoms with Crippen LogP contribution in [0.2, 0.25) is 0 Å². The van der Waals surface area contributed by atoms with E-state index < -0.39 is 0 Å². The summed E-state index contributed by atoms with van der Waals surface area (Å²) in [4.78, 5) is 21.8. The molecule has 1 aliphatic heterocycles. The highest BCUT2D eigenvalue weighted by Crippen LogP contribution is 2.32. The van der Waals surface area contributed by atoms with Gasteiger partial charge in [0.25, 0.3) is 0 Å². The van der Waals surface area contributed by atoms with E-state index in [4.69, 9.17) is 4.74 Å². The first-order valence-electron chi connectivity index (χ1n) is 9.55. The Balaban J connectivity index is 1.37. The Kier molecular flexibility index (Phi) is 4.03. The maximum Gasteiger partial charge on any atom is 0.407 e. The molecule has 2 N–H and O–H groups in total. The molecule has 0 bridgehead atoms. The summed E-state index contributed by atoms with van der Waals surface area (Å²) in [6, 6.07) is 2.01. The lowest BCUT2D eigenvalue weighted by molar-refractivity contribution is 0.0882. The molecule has 1 amide bonds. The molecular formula is C19H22N6O2. The second kappa shape index (κ2) is 6.68. The summed E-state index contributed by atoms with van der Waals surface area (Å²) in [6.07, 6.45) is 9.26. The third-order valence-corrected chi connectivity index (χ3v) is 5.39. The van der Waals surface area contributed by atoms with Crippen LogP contribution in [-0.2, 0) is 4.74 Å². The van der Waals surface area contributed by atoms with Crippen LogP contribution in [0, 0.1) is 5.92 Å². The highest BCUT2D eigenvalue weighted by atomic mass is 16.6. The lowest BCUT2D eigenvalue weighted by Crippen LogP contribution is -2.42. The smallest absolute Gasteiger partial charge is 0.407 e. The van der Waals surface area contributed by atoms with Crippen LogP contribution in [0.3, 0.4) is 0 Å². The maximum absolute atomic E-state index is 12.1. The van der Waals surface area contributed by atoms with Crippen molar-refractivity contribution in [2.24, 2.45) is 5.92 Å². The van der Waals surface area contributed by atoms with Crippen molar-refractivity contribution in [2.45, 2.75) is 31.8 Å². The Morgan fingerprint density at radius 3 is 3.15 bits per heavy atom. The van der Waals surface area contributed by atoms with Gasteiger partial charge in [-0.3, -0.25) is 0 Å². The quantitative estimate of drug-likeness (QED) is 0.737. The number of aromatic nitrogens is 4. The largest absolute Gasteiger partial charge is 0.444 e. The van der Waals surface area contributed by atoms with E-state index in [2.05, 4.69) is 30.4 Å². The first-order chi connectivity index (χ1) is 13.3. The highest BCUT2D eigenvalue weighted by molar-refractivity contribution is 6.09. The van der Waals surface area contributed by atoms with Crippen molar-refractivity contribution in [2.75, 3.05) is 24.5 Å². The monoisotopic (exact) mass is 366 g/mol. The van der Waals surface area contributed by atoms with E-state index in [-0.39, 0.29) is 12.2 Å². The number of ether oxygens (including phenoxy) is 1. The van der Waals surface area contributed by atoms with Crippen LogP contribution < -0.4 is 10.2 Å². The molecule has 140 valence electrons. The van der Waals surface area contributed by atoms with Crippen LogP contribution in [0.25, 0.3) is 21.9 Å². The fourth-order valence-corrected chi connectivity index (χ4v) is 3.79. The van der Waals surface area contributed by atoms with Crippen LogP contribution in [0.4, 0.5) is 10.5 Å². The molecule has 0 aromatic carbocycles. The Bertz CT molecular complexity index is 983. The number of aromatic amines is 1. The van der Waals surface area contributed by atoms with Gasteiger partial charge in [-0.15, -0.1) is 5.10 Å². The van der Waals surface area contributed by atoms with Crippen molar-refractivity contribution < 1.29 is 9.53 Å². The fraction of sp³-hybridized carbons (Fsp3) is 0.474. The second-order valence-electron chi connectivity index (χ2n) is 7.43. The molecule has 2 aliphatic rings. The van der Waals surface area contributed by atoms with E-state index in [0.29, 0.717) is 12.5 Å². The molecular weight excluding hydrogens is 344 g/mol. The number of rotatable bonds is 4. The summed E-state index contributed by atoms with van der Waals surface area (Å²) in [6.45, 7) is 2.29. The Labute approximate surface area is 156 Å². The lowest BCUT2D eigenvalue weighted by Gasteiger charge is -2.34. The molecule has 4 heterocycles. The van der Waals surface area contributed by atoms with Crippen molar-refractivity contribution in [3.63, 3.8) is 0 Å². The zero-order chi connectivity index (χ0) is 18.2. The van der Waals surface area contributed by atoms with Gasteiger partial charge in [0.2, 0.25) is 0 Å². The van der Waals surface area contributed by atoms with Gasteiger partial charge < -0.3 is 19.9 Å². The summed E-state index contributed by atoms with van der Waals surface area (Å²) >= 11 is 0. The average Bonchev–Trinajstić information content (AvgIpc) is 3.40. The van der Waals surface area contributed by atoms with E-state index in [0.717, 1.165) is 53.6 Å². The minimum absolute atomic E-state index is 0.121. The minimum Gasteiger partial charge on any atom is -0.444 e. The zero-order valence-electron chi connectivity index (χ0n) is 15.0. The predicted molar refractivity (Wildman–Crippen MR) is 102 cm³/mol. The van der Waals surface area contributed by atoms with Crippen molar-refractivity contribution >= 4 is 33.7 Å². The number of hydrogen-bond acceptors (Lipinski definition) is 6. The molecule has 0 spiro atoms. The molecule has 1 saturated heterocycles. The summed E-state index contributed by atoms with van der Waals surface area (Å²) in [5.74, 6) is 0.645. The average molecular weight is 366 g/mol. The van der Waals surface area contributed by atoms with Gasteiger partial charge in [-0.25, -0.2) is 9.78 Å². The number of alkyl carbamates (subject to hydrolysis) is 1. The van der Waals surface area contributed by atoms with Crippen molar-refractivity contribution in [1.82, 2.24) is 25.5 Å². The minimum atomic E-state index is -0.302. The van der Waals surface area contributed by atoms with E-state index in [1.54, 1.807) is 12.4 Å². The fourth-order valence-electron chi connectivity index (χ4n) is 3.79. The van der Waals surface area contributed by atoms with Gasteiger partial charge in [0.15, 0.2) is 0 Å². The number of pyridine rings is 1. The van der Waals surface area contributed by atoms with Crippen LogP contribution in [0.1, 0.15) is 25.7 Å². The molecule has 1 atom stereocenters. The van der Waals surface area contributed by atoms with Crippen molar-refractivity contribution in [3.05, 3.63) is 24.7 Å². The third kappa shape index (κ3) is 3.27. The molecule has 5 rings (SSSR count). The Morgan fingerprint density at radius 2 is 2.26 bits per heavy atom. The molecule has 1 aliphatic carbocycles. The molecule has 3 aromatic rings. The van der Waals surface area contributed by atoms with Gasteiger partial charge in [-0.1, -0.05) is 0 Å². The molecule has 27 heavy (non-hydrogen) atoms. The molecule has 2 fully saturated rings. The standard InChI is InChI=1S/C19H22N6O2/c26-19(22-8-12-3-4-12)27-13-2-1-7-25(11-13)16-10-23-24-15-9-21-18-14(17(15)16)5-6-20-18/h5-6,9-10,12-13H,1-4,7-8,11H2,(H,20,21)(H,22,26). The summed E-state index contributed by atoms with van der Waals surface area (Å²) in [5, 5.41) is 13.3. The normalized spacial score (nSPS) is 20.1. The van der Waals surface area contributed by atoms with Gasteiger partial charge in [0.05, 0.1) is 24.6 Å². The molecule has 1 saturated carbocycles. The third-order valence-electron chi connectivity index (χ3n) is 5.39. The lowest BCUT2D eigenvalue weighted by atomic mass is 10.1. The summed E-state index contributed by atoms with van der Waals surface area (Å²) < 4.78 is 5.66. The molecule has 8 heteroatoms. The van der Waals surface area contributed by atoms with Crippen LogP contribution in [0.15, 0.2) is 24.7 Å². The van der Waals surface area contributed by atoms with Crippen molar-refractivity contribution in [3.8, 4) is 0 Å². The van der Waals surface area contributed by atoms with Gasteiger partial charge >= 0.3 is 6.09 Å². The number of anilines is 1. The number of nitrogens with zero attached hydrogens (tertiary/aromatic N) is 4. The first kappa shape index (κ1) is 16.3. The van der Waals surface area contributed by atoms with E-state index >= 15 is 0 Å². The zero-order valence-corrected chi connectivity index (χ0v) is 15.0. The van der Waals surface area contributed by atoms with Gasteiger partial charge in [-0.05, 0) is 37.7 Å². The number of carbonyl (C=O) groups is 1. The van der Waals surface area contributed by atoms with Gasteiger partial charge in [0, 0.05) is 30.1 Å². The SMILES string of the molecule is O=C(NCC1CC1)OC1CCCN(c2cnnc3cnc4[nH]ccc4c23)C1. The predicted octanol–water partition coefficient (Wildman–Crippen LogP) is 2.61. The van der Waals surface area contributed by atoms with Crippen LogP contribution >= 0.6 is 0 Å². The second-order valence-corrected chi connectivity index (χ2v) is 7.43. The topological polar surface area (TPSA) is 96.0 Å². The molecule has 3 aromatic heterocycles. The molecule has 1 unspecified atom stereocenters. The van der Waals surface area contributed by atoms with E-state index in [9.17, 15) is 4.79 Å². The van der Waals surface area contributed by atoms with Crippen molar-refractivity contribution in [1.29, 1.82) is 0 Å². The van der Waals surface area contributed by atoms with E-state index in [1.807, 2.05) is 12.3 Å². The number of fused-ring (bicyclic) bond motifs is 3. The van der Waals surface area contributed by atoms with Crippen LogP contribution in [0.5, 0.6) is 0 Å². The summed E-state index contributed by atoms with van der Waals surface area (Å²) in [7, 11) is 0. The number of nitrogens with one attached hydrogen (secondary N) is 2. The number of piperidine rings is 1. The number of hydrogen-bond donors (Lipinski definition) is 2. The first-order valence-corrected chi connectivity index (χ1v) is 9.55. The maximum atomic E-state index is 12.1. The number of H-pyrrole nitrogens is 1. The Morgan fingerprint density at radius 1 is 1.33 bits per heavy atom. The highest BCUT2D eigenvalue weighted by Gasteiger charge is 2.27. The van der Waals surface area contributed by atoms with Gasteiger partial charge in [-0.2, -0.15) is 5.10 Å². The van der Waals surface area contributed by atoms with Crippen LogP contribution in [-0.4, -0.2) is 52.0 Å². The molecule has 0 radical (unpaired) electrons. The summed E-state index contributed by atoms with van der Waals surface area (Å²) in [5.41, 5.74) is 2.62.